The van der Waals surface area contributed by atoms with Crippen LogP contribution in [-0.2, 0) is 0 Å². The van der Waals surface area contributed by atoms with Gasteiger partial charge in [0.1, 0.15) is 11.9 Å². The first-order valence-electron chi connectivity index (χ1n) is 9.82. The minimum Gasteiger partial charge on any atom is -0.351 e. The molecule has 0 saturated carbocycles. The Morgan fingerprint density at radius 3 is 2.76 bits per heavy atom. The summed E-state index contributed by atoms with van der Waals surface area (Å²) in [6, 6.07) is 10.2. The third-order valence-electron chi connectivity index (χ3n) is 5.76. The van der Waals surface area contributed by atoms with Gasteiger partial charge in [0.05, 0.1) is 16.6 Å². The second-order valence-electron chi connectivity index (χ2n) is 7.71. The molecule has 2 atom stereocenters. The summed E-state index contributed by atoms with van der Waals surface area (Å²) in [4.78, 5) is 28.6. The molecular formula is C22H24N6O. The first-order valence-corrected chi connectivity index (χ1v) is 9.82. The Hall–Kier alpha value is -3.24. The van der Waals surface area contributed by atoms with Gasteiger partial charge in [-0.05, 0) is 50.6 Å². The van der Waals surface area contributed by atoms with E-state index in [4.69, 9.17) is 5.26 Å². The smallest absolute Gasteiger partial charge is 0.251 e. The molecule has 0 aliphatic carbocycles. The highest BCUT2D eigenvalue weighted by Crippen LogP contribution is 2.26. The number of hydrogen-bond donors (Lipinski definition) is 1. The van der Waals surface area contributed by atoms with Crippen molar-refractivity contribution < 1.29 is 0 Å². The van der Waals surface area contributed by atoms with Crippen LogP contribution in [0.1, 0.15) is 36.6 Å². The summed E-state index contributed by atoms with van der Waals surface area (Å²) in [5.41, 5.74) is 3.86. The molecular weight excluding hydrogens is 364 g/mol. The lowest BCUT2D eigenvalue weighted by atomic mass is 10.0. The molecule has 1 aliphatic rings. The number of H-pyrrole nitrogens is 1. The minimum atomic E-state index is -0.0683. The normalized spacial score (nSPS) is 18.6. The number of anilines is 1. The van der Waals surface area contributed by atoms with E-state index in [9.17, 15) is 4.79 Å². The predicted octanol–water partition coefficient (Wildman–Crippen LogP) is 2.77. The Kier molecular flexibility index (Phi) is 5.03. The number of piperazine rings is 1. The lowest BCUT2D eigenvalue weighted by Gasteiger charge is -2.43. The number of pyridine rings is 3. The summed E-state index contributed by atoms with van der Waals surface area (Å²) in [5.74, 6) is 0.907. The van der Waals surface area contributed by atoms with E-state index in [2.05, 4.69) is 44.7 Å². The van der Waals surface area contributed by atoms with Gasteiger partial charge in [-0.15, -0.1) is 0 Å². The first-order chi connectivity index (χ1) is 14.0. The van der Waals surface area contributed by atoms with Crippen molar-refractivity contribution in [2.45, 2.75) is 32.9 Å². The lowest BCUT2D eigenvalue weighted by molar-refractivity contribution is 0.175. The largest absolute Gasteiger partial charge is 0.351 e. The average Bonchev–Trinajstić information content (AvgIpc) is 2.74. The number of fused-ring (bicyclic) bond motifs is 1. The lowest BCUT2D eigenvalue weighted by Crippen LogP contribution is -2.52. The zero-order valence-electron chi connectivity index (χ0n) is 16.9. The molecule has 148 valence electrons. The van der Waals surface area contributed by atoms with Crippen LogP contribution in [0.5, 0.6) is 0 Å². The van der Waals surface area contributed by atoms with Gasteiger partial charge >= 0.3 is 0 Å². The summed E-state index contributed by atoms with van der Waals surface area (Å²) in [5, 5.41) is 8.95. The highest BCUT2D eigenvalue weighted by atomic mass is 16.1. The molecule has 29 heavy (non-hydrogen) atoms. The Morgan fingerprint density at radius 1 is 1.24 bits per heavy atom. The van der Waals surface area contributed by atoms with Gasteiger partial charge in [-0.25, -0.2) is 4.98 Å². The van der Waals surface area contributed by atoms with Crippen LogP contribution in [0.4, 0.5) is 5.82 Å². The highest BCUT2D eigenvalue weighted by Gasteiger charge is 2.28. The van der Waals surface area contributed by atoms with Gasteiger partial charge in [-0.2, -0.15) is 5.26 Å². The van der Waals surface area contributed by atoms with Gasteiger partial charge in [0, 0.05) is 49.7 Å². The predicted molar refractivity (Wildman–Crippen MR) is 113 cm³/mol. The highest BCUT2D eigenvalue weighted by molar-refractivity contribution is 5.74. The van der Waals surface area contributed by atoms with Crippen LogP contribution in [0, 0.1) is 18.3 Å². The fourth-order valence-corrected chi connectivity index (χ4v) is 3.94. The van der Waals surface area contributed by atoms with E-state index in [1.54, 1.807) is 13.1 Å². The second-order valence-corrected chi connectivity index (χ2v) is 7.71. The number of nitriles is 1. The minimum absolute atomic E-state index is 0.0683. The van der Waals surface area contributed by atoms with Crippen molar-refractivity contribution in [3.05, 3.63) is 63.7 Å². The summed E-state index contributed by atoms with van der Waals surface area (Å²) in [6.45, 7) is 8.82. The molecule has 7 heteroatoms. The van der Waals surface area contributed by atoms with Gasteiger partial charge in [-0.1, -0.05) is 0 Å². The van der Waals surface area contributed by atoms with Gasteiger partial charge in [-0.3, -0.25) is 14.7 Å². The maximum absolute atomic E-state index is 11.9. The standard InChI is InChI=1S/C22H24N6O/c1-14-8-19-20(26-22(14)29)9-18(12-24-19)16(3)27-6-7-28(15(2)13-27)21-5-4-17(10-23)11-25-21/h4-5,8-9,11-12,15-16H,6-7,13H2,1-3H3,(H,26,29)/t15-,16+/m1/s1. The van der Waals surface area contributed by atoms with Crippen LogP contribution in [0.2, 0.25) is 0 Å². The van der Waals surface area contributed by atoms with Crippen LogP contribution in [0.25, 0.3) is 11.0 Å². The summed E-state index contributed by atoms with van der Waals surface area (Å²) in [6.07, 6.45) is 3.53. The Bertz CT molecular complexity index is 1130. The number of aromatic amines is 1. The SMILES string of the molecule is Cc1cc2ncc([C@H](C)N3CCN(c4ccc(C#N)cn4)[C@H](C)C3)cc2[nH]c1=O. The van der Waals surface area contributed by atoms with Gasteiger partial charge < -0.3 is 9.88 Å². The van der Waals surface area contributed by atoms with E-state index in [0.717, 1.165) is 42.0 Å². The molecule has 1 saturated heterocycles. The Morgan fingerprint density at radius 2 is 2.07 bits per heavy atom. The molecule has 0 bridgehead atoms. The van der Waals surface area contributed by atoms with Crippen molar-refractivity contribution in [3.8, 4) is 6.07 Å². The molecule has 7 nitrogen and oxygen atoms in total. The zero-order valence-corrected chi connectivity index (χ0v) is 16.9. The van der Waals surface area contributed by atoms with Gasteiger partial charge in [0.2, 0.25) is 0 Å². The van der Waals surface area contributed by atoms with Crippen LogP contribution in [-0.4, -0.2) is 45.5 Å². The van der Waals surface area contributed by atoms with E-state index in [1.807, 2.05) is 30.5 Å². The van der Waals surface area contributed by atoms with Crippen molar-refractivity contribution in [1.29, 1.82) is 5.26 Å². The fourth-order valence-electron chi connectivity index (χ4n) is 3.94. The molecule has 4 heterocycles. The van der Waals surface area contributed by atoms with Crippen molar-refractivity contribution in [3.63, 3.8) is 0 Å². The van der Waals surface area contributed by atoms with E-state index in [-0.39, 0.29) is 11.6 Å². The number of aryl methyl sites for hydroxylation is 1. The number of nitrogens with one attached hydrogen (secondary N) is 1. The molecule has 3 aromatic heterocycles. The van der Waals surface area contributed by atoms with Crippen molar-refractivity contribution >= 4 is 16.9 Å². The van der Waals surface area contributed by atoms with E-state index in [1.165, 1.54) is 0 Å². The van der Waals surface area contributed by atoms with E-state index in [0.29, 0.717) is 17.2 Å². The van der Waals surface area contributed by atoms with Crippen molar-refractivity contribution in [2.75, 3.05) is 24.5 Å². The number of rotatable bonds is 3. The quantitative estimate of drug-likeness (QED) is 0.742. The van der Waals surface area contributed by atoms with Crippen molar-refractivity contribution in [2.24, 2.45) is 0 Å². The molecule has 0 unspecified atom stereocenters. The molecule has 0 aromatic carbocycles. The third kappa shape index (κ3) is 3.71. The molecule has 1 fully saturated rings. The van der Waals surface area contributed by atoms with Crippen molar-refractivity contribution in [1.82, 2.24) is 19.9 Å². The average molecular weight is 388 g/mol. The molecule has 0 amide bonds. The Balaban J connectivity index is 1.51. The molecule has 0 radical (unpaired) electrons. The Labute approximate surface area is 169 Å². The summed E-state index contributed by atoms with van der Waals surface area (Å²) >= 11 is 0. The van der Waals surface area contributed by atoms with Crippen LogP contribution in [0.15, 0.2) is 41.5 Å². The fraction of sp³-hybridized carbons (Fsp3) is 0.364. The van der Waals surface area contributed by atoms with E-state index >= 15 is 0 Å². The maximum atomic E-state index is 11.9. The van der Waals surface area contributed by atoms with Gasteiger partial charge in [0.25, 0.3) is 5.56 Å². The molecule has 3 aromatic rings. The molecule has 0 spiro atoms. The maximum Gasteiger partial charge on any atom is 0.251 e. The molecule has 1 N–H and O–H groups in total. The van der Waals surface area contributed by atoms with Crippen LogP contribution in [0.3, 0.4) is 0 Å². The topological polar surface area (TPSA) is 88.9 Å². The monoisotopic (exact) mass is 388 g/mol. The van der Waals surface area contributed by atoms with Crippen LogP contribution >= 0.6 is 0 Å². The van der Waals surface area contributed by atoms with E-state index < -0.39 is 0 Å². The van der Waals surface area contributed by atoms with Crippen LogP contribution < -0.4 is 10.5 Å². The zero-order chi connectivity index (χ0) is 20.5. The molecule has 1 aliphatic heterocycles. The number of nitrogens with zero attached hydrogens (tertiary/aromatic N) is 5. The summed E-state index contributed by atoms with van der Waals surface area (Å²) in [7, 11) is 0. The number of aromatic nitrogens is 3. The second kappa shape index (κ2) is 7.64. The van der Waals surface area contributed by atoms with Gasteiger partial charge in [0.15, 0.2) is 0 Å². The molecule has 4 rings (SSSR count). The summed E-state index contributed by atoms with van der Waals surface area (Å²) < 4.78 is 0. The first kappa shape index (κ1) is 19.1. The number of hydrogen-bond acceptors (Lipinski definition) is 6. The third-order valence-corrected chi connectivity index (χ3v) is 5.76.